The highest BCUT2D eigenvalue weighted by atomic mass is 19.4. The Morgan fingerprint density at radius 3 is 2.29 bits per heavy atom. The van der Waals surface area contributed by atoms with Crippen molar-refractivity contribution in [3.05, 3.63) is 0 Å². The summed E-state index contributed by atoms with van der Waals surface area (Å²) in [6, 6.07) is 0.786. The van der Waals surface area contributed by atoms with Gasteiger partial charge in [-0.1, -0.05) is 12.8 Å². The molecule has 0 bridgehead atoms. The predicted octanol–water partition coefficient (Wildman–Crippen LogP) is 2.52. The topological polar surface area (TPSA) is 70.1 Å². The quantitative estimate of drug-likeness (QED) is 0.780. The van der Waals surface area contributed by atoms with Crippen LogP contribution in [0.2, 0.25) is 0 Å². The first kappa shape index (κ1) is 21.4. The molecule has 28 heavy (non-hydrogen) atoms. The highest BCUT2D eigenvalue weighted by Crippen LogP contribution is 2.46. The van der Waals surface area contributed by atoms with Crippen LogP contribution in [-0.4, -0.2) is 78.4 Å². The van der Waals surface area contributed by atoms with Crippen molar-refractivity contribution < 1.29 is 32.6 Å². The van der Waals surface area contributed by atoms with Crippen LogP contribution in [0.3, 0.4) is 0 Å². The molecule has 0 unspecified atom stereocenters. The van der Waals surface area contributed by atoms with Crippen LogP contribution < -0.4 is 0 Å². The molecule has 3 heterocycles. The molecule has 0 aromatic rings. The lowest BCUT2D eigenvalue weighted by Crippen LogP contribution is -2.40. The first-order valence-corrected chi connectivity index (χ1v) is 10.1. The van der Waals surface area contributed by atoms with Crippen LogP contribution >= 0.6 is 0 Å². The molecule has 0 radical (unpaired) electrons. The van der Waals surface area contributed by atoms with Crippen molar-refractivity contribution in [2.24, 2.45) is 11.3 Å². The van der Waals surface area contributed by atoms with Gasteiger partial charge in [-0.3, -0.25) is 9.69 Å². The van der Waals surface area contributed by atoms with E-state index in [1.54, 1.807) is 0 Å². The van der Waals surface area contributed by atoms with E-state index < -0.39 is 12.1 Å². The summed E-state index contributed by atoms with van der Waals surface area (Å²) in [5.74, 6) is -1.78. The first-order valence-electron chi connectivity index (χ1n) is 10.1. The minimum Gasteiger partial charge on any atom is -0.475 e. The Hall–Kier alpha value is -1.35. The van der Waals surface area contributed by atoms with E-state index in [2.05, 4.69) is 9.80 Å². The Balaban J connectivity index is 0.000000279. The van der Waals surface area contributed by atoms with Crippen molar-refractivity contribution in [3.63, 3.8) is 0 Å². The second kappa shape index (κ2) is 8.57. The number of alkyl halides is 3. The number of hydrogen-bond donors (Lipinski definition) is 1. The number of nitrogens with zero attached hydrogens (tertiary/aromatic N) is 2. The van der Waals surface area contributed by atoms with Gasteiger partial charge in [0.15, 0.2) is 0 Å². The molecule has 4 fully saturated rings. The van der Waals surface area contributed by atoms with E-state index in [9.17, 15) is 18.0 Å². The van der Waals surface area contributed by atoms with Gasteiger partial charge in [0.1, 0.15) is 0 Å². The lowest BCUT2D eigenvalue weighted by atomic mass is 9.78. The van der Waals surface area contributed by atoms with Gasteiger partial charge >= 0.3 is 12.1 Å². The van der Waals surface area contributed by atoms with E-state index in [0.29, 0.717) is 11.8 Å². The number of halogens is 3. The van der Waals surface area contributed by atoms with Gasteiger partial charge < -0.3 is 14.7 Å². The van der Waals surface area contributed by atoms with Gasteiger partial charge in [0.25, 0.3) is 0 Å². The summed E-state index contributed by atoms with van der Waals surface area (Å²) in [5.41, 5.74) is 0.127. The molecule has 0 aromatic carbocycles. The Labute approximate surface area is 163 Å². The van der Waals surface area contributed by atoms with Crippen LogP contribution in [0, 0.1) is 11.3 Å². The maximum atomic E-state index is 12.6. The van der Waals surface area contributed by atoms with E-state index in [0.717, 1.165) is 51.9 Å². The number of carbonyl (C=O) groups is 2. The molecule has 4 aliphatic rings. The second-order valence-corrected chi connectivity index (χ2v) is 8.51. The van der Waals surface area contributed by atoms with E-state index in [4.69, 9.17) is 14.6 Å². The van der Waals surface area contributed by atoms with Crippen molar-refractivity contribution >= 4 is 11.9 Å². The summed E-state index contributed by atoms with van der Waals surface area (Å²) in [6.45, 7) is 5.90. The third-order valence-corrected chi connectivity index (χ3v) is 6.59. The van der Waals surface area contributed by atoms with Crippen molar-refractivity contribution in [3.8, 4) is 0 Å². The van der Waals surface area contributed by atoms with Gasteiger partial charge in [-0.2, -0.15) is 13.2 Å². The average molecular weight is 406 g/mol. The number of carboxylic acid groups (broad SMARTS) is 1. The van der Waals surface area contributed by atoms with Crippen molar-refractivity contribution in [2.45, 2.75) is 57.2 Å². The Morgan fingerprint density at radius 1 is 1.11 bits per heavy atom. The summed E-state index contributed by atoms with van der Waals surface area (Å²) < 4.78 is 37.5. The third kappa shape index (κ3) is 4.79. The van der Waals surface area contributed by atoms with Gasteiger partial charge in [0.2, 0.25) is 5.91 Å². The van der Waals surface area contributed by atoms with Crippen LogP contribution in [0.1, 0.15) is 44.9 Å². The number of amides is 1. The number of likely N-dealkylation sites (tertiary alicyclic amines) is 2. The van der Waals surface area contributed by atoms with Crippen LogP contribution in [0.25, 0.3) is 0 Å². The fourth-order valence-electron chi connectivity index (χ4n) is 5.05. The predicted molar refractivity (Wildman–Crippen MR) is 94.7 cm³/mol. The molecule has 0 aromatic heterocycles. The molecule has 160 valence electrons. The molecular formula is C19H29F3N2O4. The molecule has 1 N–H and O–H groups in total. The lowest BCUT2D eigenvalue weighted by Gasteiger charge is -2.30. The van der Waals surface area contributed by atoms with E-state index >= 15 is 0 Å². The zero-order valence-electron chi connectivity index (χ0n) is 16.0. The first-order chi connectivity index (χ1) is 13.2. The van der Waals surface area contributed by atoms with E-state index in [1.165, 1.54) is 38.5 Å². The van der Waals surface area contributed by atoms with E-state index in [-0.39, 0.29) is 5.41 Å². The fourth-order valence-corrected chi connectivity index (χ4v) is 5.05. The van der Waals surface area contributed by atoms with Gasteiger partial charge in [0, 0.05) is 50.0 Å². The minimum absolute atomic E-state index is 0.127. The zero-order valence-corrected chi connectivity index (χ0v) is 16.0. The molecule has 1 saturated carbocycles. The van der Waals surface area contributed by atoms with Gasteiger partial charge in [-0.15, -0.1) is 0 Å². The zero-order chi connectivity index (χ0) is 20.4. The molecule has 4 rings (SSSR count). The monoisotopic (exact) mass is 406 g/mol. The third-order valence-electron chi connectivity index (χ3n) is 6.59. The second-order valence-electron chi connectivity index (χ2n) is 8.51. The average Bonchev–Trinajstić information content (AvgIpc) is 3.38. The minimum atomic E-state index is -5.08. The summed E-state index contributed by atoms with van der Waals surface area (Å²) in [4.78, 5) is 26.3. The largest absolute Gasteiger partial charge is 0.490 e. The maximum absolute atomic E-state index is 12.6. The van der Waals surface area contributed by atoms with Crippen LogP contribution in [0.5, 0.6) is 0 Å². The number of hydrogen-bond acceptors (Lipinski definition) is 4. The number of aliphatic carboxylic acids is 1. The summed E-state index contributed by atoms with van der Waals surface area (Å²) in [7, 11) is 0. The number of fused-ring (bicyclic) bond motifs is 1. The number of carbonyl (C=O) groups excluding carboxylic acids is 1. The molecular weight excluding hydrogens is 377 g/mol. The smallest absolute Gasteiger partial charge is 0.475 e. The van der Waals surface area contributed by atoms with E-state index in [1.807, 2.05) is 0 Å². The molecule has 2 atom stereocenters. The molecule has 3 saturated heterocycles. The van der Waals surface area contributed by atoms with Gasteiger partial charge in [-0.25, -0.2) is 4.79 Å². The summed E-state index contributed by atoms with van der Waals surface area (Å²) in [5, 5.41) is 7.12. The van der Waals surface area contributed by atoms with Crippen LogP contribution in [-0.2, 0) is 14.3 Å². The molecule has 3 aliphatic heterocycles. The lowest BCUT2D eigenvalue weighted by molar-refractivity contribution is -0.192. The van der Waals surface area contributed by atoms with Crippen LogP contribution in [0.4, 0.5) is 13.2 Å². The Kier molecular flexibility index (Phi) is 6.54. The van der Waals surface area contributed by atoms with Crippen LogP contribution in [0.15, 0.2) is 0 Å². The number of carboxylic acids is 1. The van der Waals surface area contributed by atoms with Crippen molar-refractivity contribution in [2.75, 3.05) is 39.4 Å². The molecule has 9 heteroatoms. The highest BCUT2D eigenvalue weighted by molar-refractivity contribution is 5.77. The highest BCUT2D eigenvalue weighted by Gasteiger charge is 2.53. The molecule has 6 nitrogen and oxygen atoms in total. The number of ether oxygens (including phenoxy) is 1. The summed E-state index contributed by atoms with van der Waals surface area (Å²) in [6.07, 6.45) is 3.53. The van der Waals surface area contributed by atoms with Crippen molar-refractivity contribution in [1.29, 1.82) is 0 Å². The van der Waals surface area contributed by atoms with Gasteiger partial charge in [0.05, 0.1) is 13.2 Å². The molecule has 1 aliphatic carbocycles. The fraction of sp³-hybridized carbons (Fsp3) is 0.895. The summed E-state index contributed by atoms with van der Waals surface area (Å²) >= 11 is 0. The maximum Gasteiger partial charge on any atom is 0.490 e. The Morgan fingerprint density at radius 2 is 1.71 bits per heavy atom. The normalized spacial score (nSPS) is 31.0. The SMILES string of the molecule is O=C(C[C@]12COC[C@H]1CN(C1CCCC1)C2)N1CCCC1.O=C(O)C(F)(F)F. The molecule has 1 amide bonds. The Bertz CT molecular complexity index is 574. The standard InChI is InChI=1S/C17H28N2O2.C2HF3O2/c20-16(18-7-3-4-8-18)9-17-12-19(15-5-1-2-6-15)10-14(17)11-21-13-17;3-2(4,5)1(6)7/h14-15H,1-13H2;(H,6,7)/t14-,17+;/m1./s1. The molecule has 0 spiro atoms. The number of rotatable bonds is 3. The van der Waals surface area contributed by atoms with Crippen molar-refractivity contribution in [1.82, 2.24) is 9.80 Å². The van der Waals surface area contributed by atoms with Gasteiger partial charge in [-0.05, 0) is 25.7 Å².